The molecule has 3 fully saturated rings. The molecule has 6 heteroatoms. The van der Waals surface area contributed by atoms with E-state index >= 15 is 0 Å². The molecule has 0 spiro atoms. The van der Waals surface area contributed by atoms with Crippen LogP contribution in [0.25, 0.3) is 0 Å². The summed E-state index contributed by atoms with van der Waals surface area (Å²) in [5.74, 6) is 1.15. The number of rotatable bonds is 5. The molecule has 0 radical (unpaired) electrons. The van der Waals surface area contributed by atoms with E-state index in [1.807, 2.05) is 18.3 Å². The second-order valence-electron chi connectivity index (χ2n) is 9.31. The molecule has 1 aromatic rings. The molecule has 1 saturated carbocycles. The average molecular weight is 385 g/mol. The van der Waals surface area contributed by atoms with E-state index in [0.29, 0.717) is 6.54 Å². The van der Waals surface area contributed by atoms with Gasteiger partial charge in [0.2, 0.25) is 11.8 Å². The van der Waals surface area contributed by atoms with Gasteiger partial charge in [0.15, 0.2) is 0 Å². The number of piperidine rings is 1. The quantitative estimate of drug-likeness (QED) is 0.730. The fraction of sp³-hybridized carbons (Fsp3) is 0.682. The number of hydrogen-bond donors (Lipinski definition) is 0. The lowest BCUT2D eigenvalue weighted by molar-refractivity contribution is -0.167. The minimum atomic E-state index is -0.389. The van der Waals surface area contributed by atoms with Crippen molar-refractivity contribution < 1.29 is 9.59 Å². The van der Waals surface area contributed by atoms with Crippen LogP contribution in [0.1, 0.15) is 40.0 Å². The summed E-state index contributed by atoms with van der Waals surface area (Å²) in [5.41, 5.74) is -0.612. The topological polar surface area (TPSA) is 56.8 Å². The molecule has 2 amide bonds. The highest BCUT2D eigenvalue weighted by molar-refractivity contribution is 6.03. The number of imide groups is 1. The van der Waals surface area contributed by atoms with Gasteiger partial charge in [0.05, 0.1) is 5.41 Å². The molecule has 6 nitrogen and oxygen atoms in total. The molecule has 2 saturated heterocycles. The molecule has 0 unspecified atom stereocenters. The third-order valence-electron chi connectivity index (χ3n) is 7.71. The first-order chi connectivity index (χ1) is 13.3. The first-order valence-corrected chi connectivity index (χ1v) is 10.6. The van der Waals surface area contributed by atoms with E-state index in [-0.39, 0.29) is 28.6 Å². The highest BCUT2D eigenvalue weighted by Crippen LogP contribution is 2.60. The first kappa shape index (κ1) is 19.4. The Balaban J connectivity index is 1.28. The molecular formula is C22H32N4O2. The molecule has 1 aliphatic carbocycles. The van der Waals surface area contributed by atoms with E-state index in [0.717, 1.165) is 57.8 Å². The lowest BCUT2D eigenvalue weighted by Crippen LogP contribution is -2.59. The number of carbonyl (C=O) groups is 2. The van der Waals surface area contributed by atoms with Gasteiger partial charge in [-0.2, -0.15) is 0 Å². The second-order valence-corrected chi connectivity index (χ2v) is 9.31. The SMILES string of the molecule is CC1(C)[C@@H]2CC[C@@]1(C)C(=O)N(CCCN1CCN(c3ccccn3)CC1)C2=O. The molecule has 2 atom stereocenters. The third-order valence-corrected chi connectivity index (χ3v) is 7.71. The minimum absolute atomic E-state index is 0.00267. The highest BCUT2D eigenvalue weighted by atomic mass is 16.2. The zero-order valence-electron chi connectivity index (χ0n) is 17.4. The third kappa shape index (κ3) is 3.02. The highest BCUT2D eigenvalue weighted by Gasteiger charge is 2.64. The Hall–Kier alpha value is -1.95. The zero-order chi connectivity index (χ0) is 19.9. The largest absolute Gasteiger partial charge is 0.354 e. The second kappa shape index (κ2) is 7.14. The molecule has 0 N–H and O–H groups in total. The molecule has 3 heterocycles. The van der Waals surface area contributed by atoms with E-state index in [2.05, 4.69) is 41.6 Å². The molecular weight excluding hydrogens is 352 g/mol. The van der Waals surface area contributed by atoms with Crippen molar-refractivity contribution in [2.75, 3.05) is 44.2 Å². The number of amides is 2. The van der Waals surface area contributed by atoms with Crippen LogP contribution in [0.3, 0.4) is 0 Å². The summed E-state index contributed by atoms with van der Waals surface area (Å²) in [7, 11) is 0. The summed E-state index contributed by atoms with van der Waals surface area (Å²) >= 11 is 0. The Labute approximate surface area is 167 Å². The van der Waals surface area contributed by atoms with E-state index in [4.69, 9.17) is 0 Å². The summed E-state index contributed by atoms with van der Waals surface area (Å²) < 4.78 is 0. The summed E-state index contributed by atoms with van der Waals surface area (Å²) in [4.78, 5) is 36.8. The van der Waals surface area contributed by atoms with E-state index < -0.39 is 0 Å². The molecule has 4 rings (SSSR count). The predicted molar refractivity (Wildman–Crippen MR) is 109 cm³/mol. The fourth-order valence-electron chi connectivity index (χ4n) is 5.31. The molecule has 2 bridgehead atoms. The summed E-state index contributed by atoms with van der Waals surface area (Å²) in [5, 5.41) is 0. The van der Waals surface area contributed by atoms with E-state index in [9.17, 15) is 9.59 Å². The number of hydrogen-bond acceptors (Lipinski definition) is 5. The van der Waals surface area contributed by atoms with Gasteiger partial charge in [0.25, 0.3) is 0 Å². The van der Waals surface area contributed by atoms with Crippen molar-refractivity contribution in [3.05, 3.63) is 24.4 Å². The van der Waals surface area contributed by atoms with Crippen molar-refractivity contribution in [3.8, 4) is 0 Å². The summed E-state index contributed by atoms with van der Waals surface area (Å²) in [6, 6.07) is 6.02. The number of carbonyl (C=O) groups excluding carboxylic acids is 2. The van der Waals surface area contributed by atoms with Gasteiger partial charge in [-0.1, -0.05) is 26.8 Å². The Morgan fingerprint density at radius 1 is 1.07 bits per heavy atom. The van der Waals surface area contributed by atoms with Gasteiger partial charge >= 0.3 is 0 Å². The van der Waals surface area contributed by atoms with E-state index in [1.165, 1.54) is 0 Å². The van der Waals surface area contributed by atoms with Crippen LogP contribution in [-0.2, 0) is 9.59 Å². The normalized spacial score (nSPS) is 30.2. The average Bonchev–Trinajstić information content (AvgIpc) is 2.89. The lowest BCUT2D eigenvalue weighted by Gasteiger charge is -2.47. The van der Waals surface area contributed by atoms with Crippen LogP contribution in [-0.4, -0.2) is 65.9 Å². The Kier molecular flexibility index (Phi) is 4.94. The first-order valence-electron chi connectivity index (χ1n) is 10.6. The zero-order valence-corrected chi connectivity index (χ0v) is 17.4. The number of aromatic nitrogens is 1. The van der Waals surface area contributed by atoms with Crippen LogP contribution < -0.4 is 4.90 Å². The maximum absolute atomic E-state index is 13.1. The molecule has 3 aliphatic rings. The Morgan fingerprint density at radius 3 is 2.50 bits per heavy atom. The van der Waals surface area contributed by atoms with E-state index in [1.54, 1.807) is 4.90 Å². The van der Waals surface area contributed by atoms with Crippen molar-refractivity contribution in [1.29, 1.82) is 0 Å². The van der Waals surface area contributed by atoms with Gasteiger partial charge in [-0.15, -0.1) is 0 Å². The van der Waals surface area contributed by atoms with Gasteiger partial charge in [0.1, 0.15) is 5.82 Å². The van der Waals surface area contributed by atoms with Gasteiger partial charge in [-0.05, 0) is 43.4 Å². The van der Waals surface area contributed by atoms with Crippen molar-refractivity contribution in [3.63, 3.8) is 0 Å². The maximum atomic E-state index is 13.1. The standard InChI is InChI=1S/C22H32N4O2/c1-21(2)17-8-9-22(21,3)20(28)26(19(17)27)12-6-11-24-13-15-25(16-14-24)18-7-4-5-10-23-18/h4-5,7,10,17H,6,8-9,11-16H2,1-3H3/t17-,22+/m1/s1. The van der Waals surface area contributed by atoms with Crippen molar-refractivity contribution in [2.45, 2.75) is 40.0 Å². The molecule has 1 aromatic heterocycles. The van der Waals surface area contributed by atoms with Crippen molar-refractivity contribution in [2.24, 2.45) is 16.7 Å². The summed E-state index contributed by atoms with van der Waals surface area (Å²) in [6.07, 6.45) is 4.37. The minimum Gasteiger partial charge on any atom is -0.354 e. The van der Waals surface area contributed by atoms with Crippen LogP contribution in [0.15, 0.2) is 24.4 Å². The van der Waals surface area contributed by atoms with Crippen LogP contribution in [0.5, 0.6) is 0 Å². The monoisotopic (exact) mass is 384 g/mol. The van der Waals surface area contributed by atoms with Crippen LogP contribution in [0.4, 0.5) is 5.82 Å². The van der Waals surface area contributed by atoms with Crippen molar-refractivity contribution in [1.82, 2.24) is 14.8 Å². The summed E-state index contributed by atoms with van der Waals surface area (Å²) in [6.45, 7) is 11.7. The molecule has 0 aromatic carbocycles. The van der Waals surface area contributed by atoms with Gasteiger partial charge in [-0.3, -0.25) is 19.4 Å². The molecule has 28 heavy (non-hydrogen) atoms. The number of likely N-dealkylation sites (tertiary alicyclic amines) is 1. The maximum Gasteiger partial charge on any atom is 0.235 e. The number of pyridine rings is 1. The number of fused-ring (bicyclic) bond motifs is 2. The van der Waals surface area contributed by atoms with Crippen LogP contribution >= 0.6 is 0 Å². The number of anilines is 1. The predicted octanol–water partition coefficient (Wildman–Crippen LogP) is 2.41. The van der Waals surface area contributed by atoms with Crippen molar-refractivity contribution >= 4 is 17.6 Å². The van der Waals surface area contributed by atoms with Gasteiger partial charge in [0, 0.05) is 44.8 Å². The van der Waals surface area contributed by atoms with Crippen LogP contribution in [0.2, 0.25) is 0 Å². The molecule has 152 valence electrons. The number of piperazine rings is 1. The van der Waals surface area contributed by atoms with Gasteiger partial charge < -0.3 is 4.90 Å². The lowest BCUT2D eigenvalue weighted by atomic mass is 9.62. The fourth-order valence-corrected chi connectivity index (χ4v) is 5.31. The number of nitrogens with zero attached hydrogens (tertiary/aromatic N) is 4. The van der Waals surface area contributed by atoms with Gasteiger partial charge in [-0.25, -0.2) is 4.98 Å². The Bertz CT molecular complexity index is 742. The molecule has 2 aliphatic heterocycles. The van der Waals surface area contributed by atoms with Crippen LogP contribution in [0, 0.1) is 16.7 Å². The smallest absolute Gasteiger partial charge is 0.235 e. The Morgan fingerprint density at radius 2 is 1.82 bits per heavy atom.